The van der Waals surface area contributed by atoms with E-state index in [0.717, 1.165) is 27.7 Å². The number of rotatable bonds is 4. The topological polar surface area (TPSA) is 48.9 Å². The lowest BCUT2D eigenvalue weighted by Crippen LogP contribution is -1.77. The van der Waals surface area contributed by atoms with E-state index in [1.54, 1.807) is 6.08 Å². The second kappa shape index (κ2) is 6.20. The highest BCUT2D eigenvalue weighted by molar-refractivity contribution is 5.90. The number of aliphatic hydroxyl groups is 1. The largest absolute Gasteiger partial charge is 0.392 e. The Kier molecular flexibility index (Phi) is 3.94. The monoisotopic (exact) mass is 276 g/mol. The van der Waals surface area contributed by atoms with Crippen LogP contribution >= 0.6 is 0 Å². The smallest absolute Gasteiger partial charge is 0.0927 e. The standard InChI is InChI=1S/C18H16N2O/c21-12-4-7-15-9-11-18-16(13-15)17(19-20-18)10-8-14-5-2-1-3-6-14/h1-11,13,21H,12H2,(H,19,20)/b7-4+,10-8+. The van der Waals surface area contributed by atoms with Crippen molar-refractivity contribution in [1.82, 2.24) is 10.2 Å². The number of aromatic nitrogens is 2. The predicted octanol–water partition coefficient (Wildman–Crippen LogP) is 3.74. The van der Waals surface area contributed by atoms with Crippen molar-refractivity contribution in [2.24, 2.45) is 0 Å². The van der Waals surface area contributed by atoms with Gasteiger partial charge in [0.25, 0.3) is 0 Å². The van der Waals surface area contributed by atoms with Crippen LogP contribution in [0.3, 0.4) is 0 Å². The summed E-state index contributed by atoms with van der Waals surface area (Å²) < 4.78 is 0. The minimum absolute atomic E-state index is 0.0458. The number of nitrogens with zero attached hydrogens (tertiary/aromatic N) is 1. The van der Waals surface area contributed by atoms with Crippen LogP contribution in [0, 0.1) is 0 Å². The summed E-state index contributed by atoms with van der Waals surface area (Å²) in [6.45, 7) is 0.0458. The zero-order chi connectivity index (χ0) is 14.5. The van der Waals surface area contributed by atoms with Gasteiger partial charge in [0.1, 0.15) is 0 Å². The fourth-order valence-corrected chi connectivity index (χ4v) is 2.21. The molecule has 3 aromatic rings. The van der Waals surface area contributed by atoms with Crippen molar-refractivity contribution in [1.29, 1.82) is 0 Å². The fourth-order valence-electron chi connectivity index (χ4n) is 2.21. The molecule has 0 amide bonds. The van der Waals surface area contributed by atoms with Crippen LogP contribution in [-0.4, -0.2) is 21.9 Å². The van der Waals surface area contributed by atoms with Crippen LogP contribution in [0.2, 0.25) is 0 Å². The number of hydrogen-bond acceptors (Lipinski definition) is 2. The van der Waals surface area contributed by atoms with Crippen LogP contribution in [0.1, 0.15) is 16.8 Å². The second-order valence-corrected chi connectivity index (χ2v) is 4.74. The van der Waals surface area contributed by atoms with Gasteiger partial charge in [0.05, 0.1) is 17.8 Å². The van der Waals surface area contributed by atoms with Crippen molar-refractivity contribution in [2.45, 2.75) is 0 Å². The fraction of sp³-hybridized carbons (Fsp3) is 0.0556. The Morgan fingerprint density at radius 3 is 2.62 bits per heavy atom. The highest BCUT2D eigenvalue weighted by Gasteiger charge is 2.02. The van der Waals surface area contributed by atoms with E-state index in [1.165, 1.54) is 0 Å². The first-order chi connectivity index (χ1) is 10.4. The number of hydrogen-bond donors (Lipinski definition) is 2. The molecule has 2 aromatic carbocycles. The minimum Gasteiger partial charge on any atom is -0.392 e. The summed E-state index contributed by atoms with van der Waals surface area (Å²) in [5, 5.41) is 17.3. The maximum Gasteiger partial charge on any atom is 0.0927 e. The van der Waals surface area contributed by atoms with Gasteiger partial charge in [-0.2, -0.15) is 5.10 Å². The van der Waals surface area contributed by atoms with E-state index < -0.39 is 0 Å². The van der Waals surface area contributed by atoms with Crippen LogP contribution in [0.25, 0.3) is 29.1 Å². The normalized spacial score (nSPS) is 11.9. The summed E-state index contributed by atoms with van der Waals surface area (Å²) in [5.74, 6) is 0. The summed E-state index contributed by atoms with van der Waals surface area (Å²) in [4.78, 5) is 0. The van der Waals surface area contributed by atoms with Gasteiger partial charge in [-0.3, -0.25) is 5.10 Å². The molecule has 0 saturated carbocycles. The molecule has 1 aromatic heterocycles. The molecule has 0 spiro atoms. The van der Waals surface area contributed by atoms with Crippen LogP contribution in [0.4, 0.5) is 0 Å². The molecule has 1 heterocycles. The Hall–Kier alpha value is -2.65. The van der Waals surface area contributed by atoms with Gasteiger partial charge in [-0.15, -0.1) is 0 Å². The average molecular weight is 276 g/mol. The Labute approximate surface area is 123 Å². The van der Waals surface area contributed by atoms with Crippen LogP contribution in [0.15, 0.2) is 54.6 Å². The van der Waals surface area contributed by atoms with Crippen LogP contribution in [-0.2, 0) is 0 Å². The van der Waals surface area contributed by atoms with Crippen LogP contribution < -0.4 is 0 Å². The molecule has 104 valence electrons. The van der Waals surface area contributed by atoms with E-state index in [1.807, 2.05) is 48.6 Å². The third kappa shape index (κ3) is 3.09. The number of nitrogens with one attached hydrogen (secondary N) is 1. The summed E-state index contributed by atoms with van der Waals surface area (Å²) >= 11 is 0. The van der Waals surface area contributed by atoms with E-state index >= 15 is 0 Å². The van der Waals surface area contributed by atoms with Gasteiger partial charge in [0.15, 0.2) is 0 Å². The predicted molar refractivity (Wildman–Crippen MR) is 87.6 cm³/mol. The van der Waals surface area contributed by atoms with Crippen molar-refractivity contribution < 1.29 is 5.11 Å². The van der Waals surface area contributed by atoms with Gasteiger partial charge < -0.3 is 5.11 Å². The number of fused-ring (bicyclic) bond motifs is 1. The summed E-state index contributed by atoms with van der Waals surface area (Å²) in [5.41, 5.74) is 4.11. The number of aromatic amines is 1. The van der Waals surface area contributed by atoms with E-state index in [9.17, 15) is 0 Å². The first-order valence-corrected chi connectivity index (χ1v) is 6.85. The van der Waals surface area contributed by atoms with E-state index in [2.05, 4.69) is 28.4 Å². The molecule has 0 saturated heterocycles. The van der Waals surface area contributed by atoms with Gasteiger partial charge in [0, 0.05) is 5.39 Å². The zero-order valence-corrected chi connectivity index (χ0v) is 11.5. The molecular weight excluding hydrogens is 260 g/mol. The summed E-state index contributed by atoms with van der Waals surface area (Å²) in [6.07, 6.45) is 7.68. The molecule has 0 bridgehead atoms. The van der Waals surface area contributed by atoms with E-state index in [-0.39, 0.29) is 6.61 Å². The van der Waals surface area contributed by atoms with Crippen LogP contribution in [0.5, 0.6) is 0 Å². The first-order valence-electron chi connectivity index (χ1n) is 6.85. The van der Waals surface area contributed by atoms with Crippen molar-refractivity contribution >= 4 is 29.1 Å². The molecule has 0 atom stereocenters. The van der Waals surface area contributed by atoms with Gasteiger partial charge in [0.2, 0.25) is 0 Å². The number of benzene rings is 2. The maximum atomic E-state index is 8.85. The lowest BCUT2D eigenvalue weighted by Gasteiger charge is -1.95. The third-order valence-corrected chi connectivity index (χ3v) is 3.27. The summed E-state index contributed by atoms with van der Waals surface area (Å²) in [6, 6.07) is 16.2. The Morgan fingerprint density at radius 1 is 0.952 bits per heavy atom. The molecule has 3 nitrogen and oxygen atoms in total. The molecule has 0 aliphatic rings. The summed E-state index contributed by atoms with van der Waals surface area (Å²) in [7, 11) is 0. The van der Waals surface area contributed by atoms with E-state index in [4.69, 9.17) is 5.11 Å². The van der Waals surface area contributed by atoms with E-state index in [0.29, 0.717) is 0 Å². The average Bonchev–Trinajstić information content (AvgIpc) is 2.94. The molecule has 0 unspecified atom stereocenters. The SMILES string of the molecule is OC/C=C/c1ccc2[nH]nc(/C=C/c3ccccc3)c2c1. The molecule has 0 aliphatic heterocycles. The minimum atomic E-state index is 0.0458. The zero-order valence-electron chi connectivity index (χ0n) is 11.5. The molecule has 3 rings (SSSR count). The lowest BCUT2D eigenvalue weighted by molar-refractivity contribution is 0.343. The molecule has 0 radical (unpaired) electrons. The van der Waals surface area contributed by atoms with Gasteiger partial charge in [-0.25, -0.2) is 0 Å². The Morgan fingerprint density at radius 2 is 1.81 bits per heavy atom. The first kappa shape index (κ1) is 13.3. The third-order valence-electron chi connectivity index (χ3n) is 3.27. The highest BCUT2D eigenvalue weighted by atomic mass is 16.2. The molecule has 0 fully saturated rings. The molecular formula is C18H16N2O. The van der Waals surface area contributed by atoms with Gasteiger partial charge in [-0.1, -0.05) is 54.6 Å². The molecule has 0 aliphatic carbocycles. The quantitative estimate of drug-likeness (QED) is 0.762. The Balaban J connectivity index is 1.95. The van der Waals surface area contributed by atoms with Gasteiger partial charge in [-0.05, 0) is 29.3 Å². The maximum absolute atomic E-state index is 8.85. The van der Waals surface area contributed by atoms with Crippen molar-refractivity contribution in [3.63, 3.8) is 0 Å². The molecule has 21 heavy (non-hydrogen) atoms. The molecule has 3 heteroatoms. The van der Waals surface area contributed by atoms with Crippen molar-refractivity contribution in [3.8, 4) is 0 Å². The molecule has 2 N–H and O–H groups in total. The van der Waals surface area contributed by atoms with Crippen molar-refractivity contribution in [2.75, 3.05) is 6.61 Å². The second-order valence-electron chi connectivity index (χ2n) is 4.74. The lowest BCUT2D eigenvalue weighted by atomic mass is 10.1. The van der Waals surface area contributed by atoms with Gasteiger partial charge >= 0.3 is 0 Å². The number of aliphatic hydroxyl groups excluding tert-OH is 1. The Bertz CT molecular complexity index is 785. The highest BCUT2D eigenvalue weighted by Crippen LogP contribution is 2.20. The van der Waals surface area contributed by atoms with Crippen molar-refractivity contribution in [3.05, 3.63) is 71.4 Å². The number of H-pyrrole nitrogens is 1.